The van der Waals surface area contributed by atoms with Crippen LogP contribution in [-0.4, -0.2) is 12.2 Å². The summed E-state index contributed by atoms with van der Waals surface area (Å²) in [5.41, 5.74) is 0.327. The highest BCUT2D eigenvalue weighted by molar-refractivity contribution is 4.93. The molecule has 1 heterocycles. The van der Waals surface area contributed by atoms with Crippen molar-refractivity contribution in [3.63, 3.8) is 0 Å². The fourth-order valence-electron chi connectivity index (χ4n) is 2.89. The molecule has 1 unspecified atom stereocenters. The van der Waals surface area contributed by atoms with E-state index in [1.54, 1.807) is 0 Å². The van der Waals surface area contributed by atoms with Crippen molar-refractivity contribution in [1.29, 1.82) is 0 Å². The molecular formula is C16H28O. The summed E-state index contributed by atoms with van der Waals surface area (Å²) in [4.78, 5) is 0. The van der Waals surface area contributed by atoms with E-state index in [0.29, 0.717) is 5.60 Å². The minimum Gasteiger partial charge on any atom is -0.370 e. The Kier molecular flexibility index (Phi) is 5.57. The van der Waals surface area contributed by atoms with E-state index in [4.69, 9.17) is 4.74 Å². The maximum atomic E-state index is 5.70. The first-order valence-corrected chi connectivity index (χ1v) is 7.70. The smallest absolute Gasteiger partial charge is 0.0916 e. The van der Waals surface area contributed by atoms with Gasteiger partial charge in [0, 0.05) is 0 Å². The summed E-state index contributed by atoms with van der Waals surface area (Å²) in [6.45, 7) is 1.04. The molecule has 2 aliphatic rings. The molecular weight excluding hydrogens is 208 g/mol. The van der Waals surface area contributed by atoms with Crippen LogP contribution < -0.4 is 0 Å². The first-order chi connectivity index (χ1) is 8.41. The van der Waals surface area contributed by atoms with E-state index in [0.717, 1.165) is 6.61 Å². The van der Waals surface area contributed by atoms with E-state index in [9.17, 15) is 0 Å². The molecule has 0 bridgehead atoms. The SMILES string of the molecule is C1=CCCCC2(CCCCCCCCC1)CO2. The molecule has 1 spiro atoms. The van der Waals surface area contributed by atoms with Gasteiger partial charge < -0.3 is 4.74 Å². The van der Waals surface area contributed by atoms with E-state index < -0.39 is 0 Å². The van der Waals surface area contributed by atoms with Gasteiger partial charge in [-0.25, -0.2) is 0 Å². The predicted octanol–water partition coefficient (Wildman–Crippen LogP) is 5.01. The Labute approximate surface area is 107 Å². The lowest BCUT2D eigenvalue weighted by Gasteiger charge is -2.10. The monoisotopic (exact) mass is 236 g/mol. The molecule has 1 saturated heterocycles. The van der Waals surface area contributed by atoms with Gasteiger partial charge in [-0.1, -0.05) is 50.7 Å². The summed E-state index contributed by atoms with van der Waals surface area (Å²) in [6, 6.07) is 0. The van der Waals surface area contributed by atoms with Gasteiger partial charge in [0.05, 0.1) is 12.2 Å². The summed E-state index contributed by atoms with van der Waals surface area (Å²) in [7, 11) is 0. The zero-order chi connectivity index (χ0) is 11.8. The quantitative estimate of drug-likeness (QED) is 0.425. The van der Waals surface area contributed by atoms with Gasteiger partial charge in [-0.3, -0.25) is 0 Å². The van der Waals surface area contributed by atoms with Crippen molar-refractivity contribution in [3.05, 3.63) is 12.2 Å². The van der Waals surface area contributed by atoms with E-state index in [-0.39, 0.29) is 0 Å². The van der Waals surface area contributed by atoms with Crippen LogP contribution in [-0.2, 0) is 4.74 Å². The lowest BCUT2D eigenvalue weighted by molar-refractivity contribution is 0.263. The summed E-state index contributed by atoms with van der Waals surface area (Å²) in [5.74, 6) is 0. The van der Waals surface area contributed by atoms with Crippen LogP contribution in [0.2, 0.25) is 0 Å². The van der Waals surface area contributed by atoms with Crippen molar-refractivity contribution in [1.82, 2.24) is 0 Å². The number of ether oxygens (including phenoxy) is 1. The second kappa shape index (κ2) is 7.20. The largest absolute Gasteiger partial charge is 0.370 e. The fourth-order valence-corrected chi connectivity index (χ4v) is 2.89. The van der Waals surface area contributed by atoms with Crippen molar-refractivity contribution in [3.8, 4) is 0 Å². The maximum absolute atomic E-state index is 5.70. The van der Waals surface area contributed by atoms with E-state index in [1.165, 1.54) is 77.0 Å². The second-order valence-corrected chi connectivity index (χ2v) is 5.85. The van der Waals surface area contributed by atoms with Crippen molar-refractivity contribution >= 4 is 0 Å². The zero-order valence-electron chi connectivity index (χ0n) is 11.3. The molecule has 1 heteroatoms. The highest BCUT2D eigenvalue weighted by Crippen LogP contribution is 2.38. The third-order valence-corrected chi connectivity index (χ3v) is 4.23. The summed E-state index contributed by atoms with van der Waals surface area (Å²) in [5, 5.41) is 0. The molecule has 1 atom stereocenters. The van der Waals surface area contributed by atoms with E-state index in [1.807, 2.05) is 0 Å². The normalized spacial score (nSPS) is 32.9. The minimum atomic E-state index is 0.327. The van der Waals surface area contributed by atoms with Crippen LogP contribution in [0.5, 0.6) is 0 Å². The average molecular weight is 236 g/mol. The number of hydrogen-bond donors (Lipinski definition) is 0. The molecule has 1 nitrogen and oxygen atoms in total. The molecule has 98 valence electrons. The molecule has 0 aromatic rings. The Morgan fingerprint density at radius 1 is 0.647 bits per heavy atom. The highest BCUT2D eigenvalue weighted by atomic mass is 16.6. The topological polar surface area (TPSA) is 12.5 Å². The molecule has 0 radical (unpaired) electrons. The first kappa shape index (κ1) is 13.1. The van der Waals surface area contributed by atoms with E-state index in [2.05, 4.69) is 12.2 Å². The van der Waals surface area contributed by atoms with Crippen LogP contribution in [0.1, 0.15) is 77.0 Å². The third kappa shape index (κ3) is 5.25. The van der Waals surface area contributed by atoms with Crippen molar-refractivity contribution in [2.75, 3.05) is 6.61 Å². The van der Waals surface area contributed by atoms with Gasteiger partial charge in [0.2, 0.25) is 0 Å². The lowest BCUT2D eigenvalue weighted by atomic mass is 9.95. The molecule has 2 rings (SSSR count). The van der Waals surface area contributed by atoms with Gasteiger partial charge in [-0.05, 0) is 38.5 Å². The van der Waals surface area contributed by atoms with E-state index >= 15 is 0 Å². The Morgan fingerprint density at radius 2 is 1.18 bits per heavy atom. The van der Waals surface area contributed by atoms with Crippen LogP contribution >= 0.6 is 0 Å². The Balaban J connectivity index is 1.70. The van der Waals surface area contributed by atoms with Gasteiger partial charge in [0.15, 0.2) is 0 Å². The van der Waals surface area contributed by atoms with Gasteiger partial charge >= 0.3 is 0 Å². The first-order valence-electron chi connectivity index (χ1n) is 7.70. The molecule has 0 N–H and O–H groups in total. The maximum Gasteiger partial charge on any atom is 0.0916 e. The number of epoxide rings is 1. The van der Waals surface area contributed by atoms with Crippen LogP contribution in [0.15, 0.2) is 12.2 Å². The number of hydrogen-bond acceptors (Lipinski definition) is 1. The van der Waals surface area contributed by atoms with Crippen LogP contribution in [0, 0.1) is 0 Å². The molecule has 17 heavy (non-hydrogen) atoms. The standard InChI is InChI=1S/C16H28O/c1-2-4-6-8-10-12-14-16(15-17-16)13-11-9-7-5-3-1/h5,7H,1-4,6,8-15H2. The second-order valence-electron chi connectivity index (χ2n) is 5.85. The van der Waals surface area contributed by atoms with Gasteiger partial charge in [0.1, 0.15) is 0 Å². The highest BCUT2D eigenvalue weighted by Gasteiger charge is 2.42. The van der Waals surface area contributed by atoms with Crippen LogP contribution in [0.25, 0.3) is 0 Å². The lowest BCUT2D eigenvalue weighted by Crippen LogP contribution is -2.10. The summed E-state index contributed by atoms with van der Waals surface area (Å²) < 4.78 is 5.70. The van der Waals surface area contributed by atoms with Gasteiger partial charge in [-0.15, -0.1) is 0 Å². The van der Waals surface area contributed by atoms with Crippen molar-refractivity contribution in [2.24, 2.45) is 0 Å². The van der Waals surface area contributed by atoms with Crippen LogP contribution in [0.4, 0.5) is 0 Å². The van der Waals surface area contributed by atoms with Gasteiger partial charge in [-0.2, -0.15) is 0 Å². The zero-order valence-corrected chi connectivity index (χ0v) is 11.3. The molecule has 1 aliphatic heterocycles. The van der Waals surface area contributed by atoms with Gasteiger partial charge in [0.25, 0.3) is 0 Å². The number of allylic oxidation sites excluding steroid dienone is 2. The Hall–Kier alpha value is -0.300. The molecule has 0 aromatic heterocycles. The van der Waals surface area contributed by atoms with Crippen molar-refractivity contribution < 1.29 is 4.74 Å². The average Bonchev–Trinajstić information content (AvgIpc) is 3.10. The predicted molar refractivity (Wildman–Crippen MR) is 73.2 cm³/mol. The fraction of sp³-hybridized carbons (Fsp3) is 0.875. The minimum absolute atomic E-state index is 0.327. The summed E-state index contributed by atoms with van der Waals surface area (Å²) >= 11 is 0. The molecule has 0 saturated carbocycles. The summed E-state index contributed by atoms with van der Waals surface area (Å²) in [6.07, 6.45) is 21.2. The molecule has 0 aromatic carbocycles. The number of rotatable bonds is 0. The Morgan fingerprint density at radius 3 is 1.88 bits per heavy atom. The molecule has 1 fully saturated rings. The van der Waals surface area contributed by atoms with Crippen LogP contribution in [0.3, 0.4) is 0 Å². The van der Waals surface area contributed by atoms with Crippen molar-refractivity contribution in [2.45, 2.75) is 82.7 Å². The Bertz CT molecular complexity index is 228. The molecule has 0 amide bonds. The molecule has 1 aliphatic carbocycles. The third-order valence-electron chi connectivity index (χ3n) is 4.23.